The van der Waals surface area contributed by atoms with E-state index in [9.17, 15) is 13.2 Å². The fourth-order valence-electron chi connectivity index (χ4n) is 2.57. The zero-order chi connectivity index (χ0) is 16.3. The molecule has 0 bridgehead atoms. The number of carbonyl (C=O) groups excluding carboxylic acids is 1. The number of nitrogens with zero attached hydrogens (tertiary/aromatic N) is 1. The Morgan fingerprint density at radius 2 is 2.00 bits per heavy atom. The fourth-order valence-corrected chi connectivity index (χ4v) is 4.03. The van der Waals surface area contributed by atoms with E-state index in [0.717, 1.165) is 11.1 Å². The minimum Gasteiger partial charge on any atom is -0.469 e. The van der Waals surface area contributed by atoms with Crippen LogP contribution < -0.4 is 0 Å². The number of aryl methyl sites for hydroxylation is 1. The molecule has 0 aliphatic heterocycles. The molecule has 0 saturated heterocycles. The molecule has 22 heavy (non-hydrogen) atoms. The van der Waals surface area contributed by atoms with Gasteiger partial charge in [0.2, 0.25) is 10.0 Å². The maximum atomic E-state index is 12.6. The summed E-state index contributed by atoms with van der Waals surface area (Å²) < 4.78 is 31.2. The predicted molar refractivity (Wildman–Crippen MR) is 85.5 cm³/mol. The molecule has 6 heteroatoms. The lowest BCUT2D eigenvalue weighted by Gasteiger charge is -2.24. The van der Waals surface area contributed by atoms with Crippen LogP contribution in [0.2, 0.25) is 0 Å². The average molecular weight is 323 g/mol. The zero-order valence-electron chi connectivity index (χ0n) is 13.1. The predicted octanol–water partition coefficient (Wildman–Crippen LogP) is 2.04. The highest BCUT2D eigenvalue weighted by Gasteiger charge is 2.28. The number of esters is 1. The van der Waals surface area contributed by atoms with Gasteiger partial charge in [-0.3, -0.25) is 4.79 Å². The van der Waals surface area contributed by atoms with Gasteiger partial charge in [0, 0.05) is 13.6 Å². The van der Waals surface area contributed by atoms with E-state index < -0.39 is 21.9 Å². The third-order valence-corrected chi connectivity index (χ3v) is 5.84. The maximum absolute atomic E-state index is 12.6. The molecule has 0 N–H and O–H groups in total. The molecular formula is C16H21NO4S. The fraction of sp³-hybridized carbons (Fsp3) is 0.438. The second-order valence-electron chi connectivity index (χ2n) is 5.52. The molecule has 0 aromatic heterocycles. The lowest BCUT2D eigenvalue weighted by atomic mass is 9.98. The third kappa shape index (κ3) is 3.39. The molecule has 2 rings (SSSR count). The summed E-state index contributed by atoms with van der Waals surface area (Å²) in [6, 6.07) is 7.78. The first-order valence-electron chi connectivity index (χ1n) is 7.19. The Kier molecular flexibility index (Phi) is 5.03. The van der Waals surface area contributed by atoms with E-state index in [4.69, 9.17) is 0 Å². The van der Waals surface area contributed by atoms with Crippen molar-refractivity contribution in [1.29, 1.82) is 0 Å². The molecule has 0 amide bonds. The van der Waals surface area contributed by atoms with Gasteiger partial charge in [0.25, 0.3) is 0 Å². The number of rotatable bonds is 5. The van der Waals surface area contributed by atoms with Crippen molar-refractivity contribution < 1.29 is 17.9 Å². The number of allylic oxidation sites excluding steroid dienone is 1. The number of benzene rings is 1. The first-order valence-corrected chi connectivity index (χ1v) is 8.63. The van der Waals surface area contributed by atoms with Crippen molar-refractivity contribution in [3.63, 3.8) is 0 Å². The van der Waals surface area contributed by atoms with Crippen molar-refractivity contribution in [3.8, 4) is 0 Å². The van der Waals surface area contributed by atoms with Crippen molar-refractivity contribution in [1.82, 2.24) is 4.31 Å². The summed E-state index contributed by atoms with van der Waals surface area (Å²) in [6.07, 6.45) is 2.92. The Bertz CT molecular complexity index is 694. The van der Waals surface area contributed by atoms with Gasteiger partial charge in [-0.05, 0) is 30.0 Å². The van der Waals surface area contributed by atoms with E-state index in [-0.39, 0.29) is 6.54 Å². The monoisotopic (exact) mass is 323 g/mol. The standard InChI is InChI=1S/C16H21NO4S/c1-12(16(18)21-3)11-17(2)22(19,20)15-9-8-13-6-4-5-7-14(13)10-15/h4-7,10,12H,8-9,11H2,1-3H3/t12-/m0/s1. The van der Waals surface area contributed by atoms with E-state index in [1.54, 1.807) is 13.0 Å². The van der Waals surface area contributed by atoms with Gasteiger partial charge in [-0.15, -0.1) is 0 Å². The highest BCUT2D eigenvalue weighted by atomic mass is 32.2. The Morgan fingerprint density at radius 1 is 1.32 bits per heavy atom. The number of ether oxygens (including phenoxy) is 1. The van der Waals surface area contributed by atoms with Crippen LogP contribution in [-0.4, -0.2) is 39.4 Å². The minimum atomic E-state index is -3.55. The largest absolute Gasteiger partial charge is 0.469 e. The molecule has 1 aromatic carbocycles. The molecule has 0 unspecified atom stereocenters. The Labute approximate surface area is 131 Å². The van der Waals surface area contributed by atoms with Crippen LogP contribution in [0.5, 0.6) is 0 Å². The van der Waals surface area contributed by atoms with Crippen molar-refractivity contribution in [2.24, 2.45) is 5.92 Å². The summed E-state index contributed by atoms with van der Waals surface area (Å²) in [5.41, 5.74) is 2.11. The molecule has 5 nitrogen and oxygen atoms in total. The lowest BCUT2D eigenvalue weighted by molar-refractivity contribution is -0.144. The van der Waals surface area contributed by atoms with Gasteiger partial charge in [0.1, 0.15) is 0 Å². The topological polar surface area (TPSA) is 63.7 Å². The molecular weight excluding hydrogens is 302 g/mol. The van der Waals surface area contributed by atoms with E-state index in [1.807, 2.05) is 24.3 Å². The average Bonchev–Trinajstić information content (AvgIpc) is 2.53. The SMILES string of the molecule is COC(=O)[C@@H](C)CN(C)S(=O)(=O)C1=Cc2ccccc2CC1. The van der Waals surface area contributed by atoms with E-state index in [1.165, 1.54) is 18.5 Å². The highest BCUT2D eigenvalue weighted by Crippen LogP contribution is 2.28. The van der Waals surface area contributed by atoms with Crippen LogP contribution in [0.15, 0.2) is 29.2 Å². The molecule has 1 aromatic rings. The van der Waals surface area contributed by atoms with Gasteiger partial charge in [-0.1, -0.05) is 31.2 Å². The van der Waals surface area contributed by atoms with Gasteiger partial charge in [-0.25, -0.2) is 12.7 Å². The number of methoxy groups -OCH3 is 1. The van der Waals surface area contributed by atoms with E-state index in [2.05, 4.69) is 4.74 Å². The number of carbonyl (C=O) groups is 1. The van der Waals surface area contributed by atoms with Crippen LogP contribution >= 0.6 is 0 Å². The molecule has 1 aliphatic rings. The van der Waals surface area contributed by atoms with Crippen molar-refractivity contribution >= 4 is 22.1 Å². The van der Waals surface area contributed by atoms with E-state index in [0.29, 0.717) is 17.7 Å². The number of hydrogen-bond donors (Lipinski definition) is 0. The van der Waals surface area contributed by atoms with E-state index >= 15 is 0 Å². The summed E-state index contributed by atoms with van der Waals surface area (Å²) in [5, 5.41) is 0. The van der Waals surface area contributed by atoms with Crippen molar-refractivity contribution in [2.45, 2.75) is 19.8 Å². The molecule has 0 radical (unpaired) electrons. The van der Waals surface area contributed by atoms with Gasteiger partial charge in [-0.2, -0.15) is 0 Å². The molecule has 1 atom stereocenters. The quantitative estimate of drug-likeness (QED) is 0.778. The number of hydrogen-bond acceptors (Lipinski definition) is 4. The van der Waals surface area contributed by atoms with Crippen LogP contribution in [0.25, 0.3) is 6.08 Å². The summed E-state index contributed by atoms with van der Waals surface area (Å²) in [7, 11) is -0.759. The normalized spacial score (nSPS) is 15.9. The summed E-state index contributed by atoms with van der Waals surface area (Å²) >= 11 is 0. The van der Waals surface area contributed by atoms with Gasteiger partial charge in [0.15, 0.2) is 0 Å². The summed E-state index contributed by atoms with van der Waals surface area (Å²) in [6.45, 7) is 1.76. The van der Waals surface area contributed by atoms with Crippen LogP contribution in [-0.2, 0) is 26.0 Å². The van der Waals surface area contributed by atoms with Gasteiger partial charge in [0.05, 0.1) is 17.9 Å². The smallest absolute Gasteiger partial charge is 0.309 e. The summed E-state index contributed by atoms with van der Waals surface area (Å²) in [5.74, 6) is -0.911. The third-order valence-electron chi connectivity index (χ3n) is 3.89. The van der Waals surface area contributed by atoms with Crippen LogP contribution in [0.3, 0.4) is 0 Å². The highest BCUT2D eigenvalue weighted by molar-refractivity contribution is 7.93. The van der Waals surface area contributed by atoms with Crippen LogP contribution in [0.4, 0.5) is 0 Å². The van der Waals surface area contributed by atoms with Crippen LogP contribution in [0.1, 0.15) is 24.5 Å². The molecule has 120 valence electrons. The molecule has 1 aliphatic carbocycles. The summed E-state index contributed by atoms with van der Waals surface area (Å²) in [4.78, 5) is 11.9. The lowest BCUT2D eigenvalue weighted by Crippen LogP contribution is -2.35. The maximum Gasteiger partial charge on any atom is 0.309 e. The van der Waals surface area contributed by atoms with Crippen LogP contribution in [0, 0.1) is 5.92 Å². The molecule has 0 spiro atoms. The van der Waals surface area contributed by atoms with Crippen molar-refractivity contribution in [3.05, 3.63) is 40.3 Å². The second kappa shape index (κ2) is 6.62. The minimum absolute atomic E-state index is 0.105. The molecule has 0 fully saturated rings. The van der Waals surface area contributed by atoms with Gasteiger partial charge < -0.3 is 4.74 Å². The number of sulfonamides is 1. The Balaban J connectivity index is 2.21. The molecule has 0 heterocycles. The Morgan fingerprint density at radius 3 is 2.68 bits per heavy atom. The second-order valence-corrected chi connectivity index (χ2v) is 7.62. The van der Waals surface area contributed by atoms with Crippen molar-refractivity contribution in [2.75, 3.05) is 20.7 Å². The number of fused-ring (bicyclic) bond motifs is 1. The van der Waals surface area contributed by atoms with Gasteiger partial charge >= 0.3 is 5.97 Å². The first kappa shape index (κ1) is 16.7. The first-order chi connectivity index (χ1) is 10.4. The zero-order valence-corrected chi connectivity index (χ0v) is 13.9. The molecule has 0 saturated carbocycles. The Hall–Kier alpha value is -1.66.